The molecule has 1 heterocycles. The van der Waals surface area contributed by atoms with E-state index in [1.54, 1.807) is 0 Å². The lowest BCUT2D eigenvalue weighted by Gasteiger charge is -2.15. The Bertz CT molecular complexity index is 278. The summed E-state index contributed by atoms with van der Waals surface area (Å²) in [6.45, 7) is 6.65. The summed E-state index contributed by atoms with van der Waals surface area (Å²) in [5, 5.41) is 7.24. The van der Waals surface area contributed by atoms with Gasteiger partial charge >= 0.3 is 0 Å². The van der Waals surface area contributed by atoms with Gasteiger partial charge in [-0.1, -0.05) is 46.0 Å². The maximum absolute atomic E-state index is 4.25. The zero-order valence-corrected chi connectivity index (χ0v) is 11.1. The van der Waals surface area contributed by atoms with Crippen molar-refractivity contribution in [2.45, 2.75) is 71.6 Å². The first-order valence-corrected chi connectivity index (χ1v) is 6.79. The molecule has 0 saturated carbocycles. The van der Waals surface area contributed by atoms with E-state index in [0.29, 0.717) is 0 Å². The summed E-state index contributed by atoms with van der Waals surface area (Å²) in [4.78, 5) is 0. The highest BCUT2D eigenvalue weighted by molar-refractivity contribution is 5.19. The van der Waals surface area contributed by atoms with Crippen LogP contribution in [0.15, 0.2) is 6.20 Å². The molecule has 0 aliphatic rings. The molecule has 1 unspecified atom stereocenters. The number of hydrogen-bond donors (Lipinski definition) is 1. The molecule has 0 aromatic carbocycles. The van der Waals surface area contributed by atoms with E-state index in [0.717, 1.165) is 5.92 Å². The Morgan fingerprint density at radius 2 is 1.81 bits per heavy atom. The van der Waals surface area contributed by atoms with Gasteiger partial charge in [-0.05, 0) is 31.2 Å². The van der Waals surface area contributed by atoms with Crippen LogP contribution in [0.4, 0.5) is 0 Å². The summed E-state index contributed by atoms with van der Waals surface area (Å²) in [5.41, 5.74) is 2.64. The van der Waals surface area contributed by atoms with Crippen molar-refractivity contribution in [3.8, 4) is 0 Å². The number of aryl methyl sites for hydroxylation is 1. The molecule has 1 rings (SSSR count). The van der Waals surface area contributed by atoms with Gasteiger partial charge in [-0.3, -0.25) is 5.10 Å². The Balaban J connectivity index is 2.53. The first-order valence-electron chi connectivity index (χ1n) is 6.79. The molecule has 0 bridgehead atoms. The van der Waals surface area contributed by atoms with Gasteiger partial charge in [0.2, 0.25) is 0 Å². The van der Waals surface area contributed by atoms with E-state index in [-0.39, 0.29) is 0 Å². The fourth-order valence-corrected chi connectivity index (χ4v) is 2.33. The molecule has 16 heavy (non-hydrogen) atoms. The van der Waals surface area contributed by atoms with Crippen molar-refractivity contribution in [1.82, 2.24) is 10.2 Å². The second-order valence-corrected chi connectivity index (χ2v) is 4.76. The second kappa shape index (κ2) is 7.48. The molecule has 2 nitrogen and oxygen atoms in total. The molecule has 2 heteroatoms. The summed E-state index contributed by atoms with van der Waals surface area (Å²) >= 11 is 0. The molecule has 1 N–H and O–H groups in total. The minimum atomic E-state index is 0.727. The standard InChI is InChI=1S/C14H26N2/c1-4-6-8-10-13(9-7-5-2)14-11-15-16-12(14)3/h11,13H,4-10H2,1-3H3,(H,15,16). The van der Waals surface area contributed by atoms with Gasteiger partial charge in [-0.25, -0.2) is 0 Å². The van der Waals surface area contributed by atoms with E-state index in [9.17, 15) is 0 Å². The fourth-order valence-electron chi connectivity index (χ4n) is 2.33. The lowest BCUT2D eigenvalue weighted by atomic mass is 9.89. The average molecular weight is 222 g/mol. The predicted octanol–water partition coefficient (Wildman–Crippen LogP) is 4.57. The van der Waals surface area contributed by atoms with Gasteiger partial charge in [0.1, 0.15) is 0 Å². The molecular weight excluding hydrogens is 196 g/mol. The molecule has 1 aromatic rings. The summed E-state index contributed by atoms with van der Waals surface area (Å²) in [7, 11) is 0. The van der Waals surface area contributed by atoms with Gasteiger partial charge in [0, 0.05) is 6.20 Å². The van der Waals surface area contributed by atoms with Gasteiger partial charge in [0.15, 0.2) is 0 Å². The van der Waals surface area contributed by atoms with Crippen molar-refractivity contribution < 1.29 is 0 Å². The molecule has 1 aromatic heterocycles. The Kier molecular flexibility index (Phi) is 6.20. The van der Waals surface area contributed by atoms with E-state index in [1.165, 1.54) is 56.2 Å². The third-order valence-corrected chi connectivity index (χ3v) is 3.37. The first kappa shape index (κ1) is 13.3. The molecule has 0 fully saturated rings. The average Bonchev–Trinajstić information content (AvgIpc) is 2.70. The quantitative estimate of drug-likeness (QED) is 0.641. The van der Waals surface area contributed by atoms with Crippen LogP contribution >= 0.6 is 0 Å². The normalized spacial score (nSPS) is 12.9. The van der Waals surface area contributed by atoms with Gasteiger partial charge in [-0.2, -0.15) is 5.10 Å². The van der Waals surface area contributed by atoms with Crippen LogP contribution in [-0.4, -0.2) is 10.2 Å². The van der Waals surface area contributed by atoms with Crippen LogP contribution in [-0.2, 0) is 0 Å². The smallest absolute Gasteiger partial charge is 0.0625 e. The lowest BCUT2D eigenvalue weighted by molar-refractivity contribution is 0.513. The Morgan fingerprint density at radius 1 is 1.12 bits per heavy atom. The van der Waals surface area contributed by atoms with Crippen molar-refractivity contribution in [2.24, 2.45) is 0 Å². The monoisotopic (exact) mass is 222 g/mol. The van der Waals surface area contributed by atoms with E-state index in [4.69, 9.17) is 0 Å². The molecule has 0 radical (unpaired) electrons. The highest BCUT2D eigenvalue weighted by Gasteiger charge is 2.14. The third-order valence-electron chi connectivity index (χ3n) is 3.37. The number of hydrogen-bond acceptors (Lipinski definition) is 1. The van der Waals surface area contributed by atoms with Gasteiger partial charge in [0.05, 0.1) is 5.69 Å². The highest BCUT2D eigenvalue weighted by Crippen LogP contribution is 2.29. The lowest BCUT2D eigenvalue weighted by Crippen LogP contribution is -2.00. The van der Waals surface area contributed by atoms with Crippen LogP contribution in [0.25, 0.3) is 0 Å². The van der Waals surface area contributed by atoms with E-state index < -0.39 is 0 Å². The molecule has 0 aliphatic heterocycles. The van der Waals surface area contributed by atoms with Crippen LogP contribution in [0.2, 0.25) is 0 Å². The summed E-state index contributed by atoms with van der Waals surface area (Å²) < 4.78 is 0. The van der Waals surface area contributed by atoms with Crippen LogP contribution in [0, 0.1) is 6.92 Å². The van der Waals surface area contributed by atoms with Gasteiger partial charge < -0.3 is 0 Å². The van der Waals surface area contributed by atoms with E-state index in [1.807, 2.05) is 0 Å². The molecule has 0 aliphatic carbocycles. The number of aromatic amines is 1. The summed E-state index contributed by atoms with van der Waals surface area (Å²) in [6.07, 6.45) is 11.4. The molecule has 0 amide bonds. The number of rotatable bonds is 8. The zero-order valence-electron chi connectivity index (χ0n) is 11.1. The van der Waals surface area contributed by atoms with Crippen LogP contribution in [0.1, 0.15) is 76.0 Å². The topological polar surface area (TPSA) is 28.7 Å². The number of unbranched alkanes of at least 4 members (excludes halogenated alkanes) is 3. The Hall–Kier alpha value is -0.790. The van der Waals surface area contributed by atoms with Crippen molar-refractivity contribution in [2.75, 3.05) is 0 Å². The summed E-state index contributed by atoms with van der Waals surface area (Å²) in [5.74, 6) is 0.727. The van der Waals surface area contributed by atoms with E-state index >= 15 is 0 Å². The SMILES string of the molecule is CCCCCC(CCCC)c1c[nH]nc1C. The highest BCUT2D eigenvalue weighted by atomic mass is 15.1. The van der Waals surface area contributed by atoms with Crippen molar-refractivity contribution in [3.05, 3.63) is 17.5 Å². The largest absolute Gasteiger partial charge is 0.285 e. The predicted molar refractivity (Wildman–Crippen MR) is 69.7 cm³/mol. The van der Waals surface area contributed by atoms with Crippen molar-refractivity contribution in [1.29, 1.82) is 0 Å². The van der Waals surface area contributed by atoms with Gasteiger partial charge in [0.25, 0.3) is 0 Å². The number of aromatic nitrogens is 2. The molecule has 92 valence electrons. The zero-order chi connectivity index (χ0) is 11.8. The minimum absolute atomic E-state index is 0.727. The molecular formula is C14H26N2. The maximum atomic E-state index is 4.25. The number of nitrogens with one attached hydrogen (secondary N) is 1. The molecule has 0 saturated heterocycles. The Morgan fingerprint density at radius 3 is 2.38 bits per heavy atom. The van der Waals surface area contributed by atoms with Crippen LogP contribution in [0.3, 0.4) is 0 Å². The molecule has 1 atom stereocenters. The second-order valence-electron chi connectivity index (χ2n) is 4.76. The number of nitrogens with zero attached hydrogens (tertiary/aromatic N) is 1. The van der Waals surface area contributed by atoms with E-state index in [2.05, 4.69) is 37.2 Å². The van der Waals surface area contributed by atoms with Crippen molar-refractivity contribution >= 4 is 0 Å². The summed E-state index contributed by atoms with van der Waals surface area (Å²) in [6, 6.07) is 0. The molecule has 0 spiro atoms. The van der Waals surface area contributed by atoms with Gasteiger partial charge in [-0.15, -0.1) is 0 Å². The first-order chi connectivity index (χ1) is 7.79. The third kappa shape index (κ3) is 3.99. The minimum Gasteiger partial charge on any atom is -0.285 e. The number of H-pyrrole nitrogens is 1. The van der Waals surface area contributed by atoms with Crippen LogP contribution < -0.4 is 0 Å². The maximum Gasteiger partial charge on any atom is 0.0625 e. The van der Waals surface area contributed by atoms with Crippen molar-refractivity contribution in [3.63, 3.8) is 0 Å². The Labute approximate surface area is 99.8 Å². The fraction of sp³-hybridized carbons (Fsp3) is 0.786. The van der Waals surface area contributed by atoms with Crippen LogP contribution in [0.5, 0.6) is 0 Å².